The third-order valence-corrected chi connectivity index (χ3v) is 6.42. The molecule has 0 bridgehead atoms. The molecule has 1 fully saturated rings. The maximum Gasteiger partial charge on any atom is 0.344 e. The molecular formula is C23H23ClN6O4S. The second-order valence-corrected chi connectivity index (χ2v) is 10.6. The van der Waals surface area contributed by atoms with E-state index in [1.165, 1.54) is 11.3 Å². The van der Waals surface area contributed by atoms with Gasteiger partial charge in [0.05, 0.1) is 16.9 Å². The Labute approximate surface area is 209 Å². The van der Waals surface area contributed by atoms with Crippen LogP contribution in [0, 0.1) is 5.92 Å². The van der Waals surface area contributed by atoms with Crippen molar-refractivity contribution in [3.63, 3.8) is 0 Å². The average Bonchev–Trinajstić information content (AvgIpc) is 3.21. The highest BCUT2D eigenvalue weighted by molar-refractivity contribution is 7.22. The van der Waals surface area contributed by atoms with Crippen LogP contribution in [0.3, 0.4) is 0 Å². The Morgan fingerprint density at radius 3 is 2.83 bits per heavy atom. The summed E-state index contributed by atoms with van der Waals surface area (Å²) in [6, 6.07) is 5.15. The van der Waals surface area contributed by atoms with Crippen LogP contribution in [0.4, 0.5) is 5.13 Å². The monoisotopic (exact) mass is 514 g/mol. The van der Waals surface area contributed by atoms with Gasteiger partial charge in [-0.3, -0.25) is 14.5 Å². The van der Waals surface area contributed by atoms with Gasteiger partial charge in [-0.15, -0.1) is 0 Å². The Balaban J connectivity index is 1.36. The number of hydrogen-bond acceptors (Lipinski definition) is 8. The van der Waals surface area contributed by atoms with E-state index in [0.717, 1.165) is 17.5 Å². The van der Waals surface area contributed by atoms with Crippen LogP contribution in [0.5, 0.6) is 5.75 Å². The van der Waals surface area contributed by atoms with Gasteiger partial charge in [0.2, 0.25) is 5.91 Å². The highest BCUT2D eigenvalue weighted by Gasteiger charge is 2.30. The number of imidazole rings is 1. The molecule has 0 atom stereocenters. The summed E-state index contributed by atoms with van der Waals surface area (Å²) in [6.07, 6.45) is 5.16. The molecule has 10 nitrogen and oxygen atoms in total. The maximum atomic E-state index is 12.1. The maximum absolute atomic E-state index is 12.1. The predicted molar refractivity (Wildman–Crippen MR) is 132 cm³/mol. The summed E-state index contributed by atoms with van der Waals surface area (Å²) in [7, 11) is 0. The van der Waals surface area contributed by atoms with Gasteiger partial charge in [-0.25, -0.2) is 14.8 Å². The standard InChI is InChI=1S/C23H23ClN6O4S/c1-23(2,3)34-17(31)10-33-13-6-7-14(15(24)8-13)16-9-25-11-30(16)20-18-19(28-29-20)26-22(35-18)27-21(32)12-4-5-12/h6-9,11-12H,4-5,10H2,1-3H3,(H2,26,27,28,29,32). The fourth-order valence-corrected chi connectivity index (χ4v) is 4.62. The molecule has 5 rings (SSSR count). The molecule has 1 amide bonds. The third kappa shape index (κ3) is 5.15. The number of fused-ring (bicyclic) bond motifs is 1. The van der Waals surface area contributed by atoms with Crippen molar-refractivity contribution in [1.82, 2.24) is 24.7 Å². The molecule has 0 spiro atoms. The molecule has 0 radical (unpaired) electrons. The molecular weight excluding hydrogens is 492 g/mol. The van der Waals surface area contributed by atoms with E-state index >= 15 is 0 Å². The normalized spacial score (nSPS) is 13.7. The summed E-state index contributed by atoms with van der Waals surface area (Å²) in [5.41, 5.74) is 1.41. The van der Waals surface area contributed by atoms with E-state index in [1.54, 1.807) is 56.1 Å². The van der Waals surface area contributed by atoms with E-state index in [0.29, 0.717) is 38.6 Å². The second kappa shape index (κ2) is 8.97. The number of aromatic amines is 1. The van der Waals surface area contributed by atoms with Crippen LogP contribution in [0.25, 0.3) is 27.4 Å². The third-order valence-electron chi connectivity index (χ3n) is 5.14. The quantitative estimate of drug-likeness (QED) is 0.345. The number of nitrogens with zero attached hydrogens (tertiary/aromatic N) is 4. The van der Waals surface area contributed by atoms with Crippen molar-refractivity contribution in [3.05, 3.63) is 35.7 Å². The van der Waals surface area contributed by atoms with Crippen molar-refractivity contribution >= 4 is 50.3 Å². The molecule has 0 aliphatic heterocycles. The molecule has 3 heterocycles. The van der Waals surface area contributed by atoms with Gasteiger partial charge in [0, 0.05) is 11.5 Å². The molecule has 1 aliphatic rings. The van der Waals surface area contributed by atoms with Gasteiger partial charge >= 0.3 is 5.97 Å². The zero-order chi connectivity index (χ0) is 24.7. The second-order valence-electron chi connectivity index (χ2n) is 9.17. The number of rotatable bonds is 7. The number of carbonyl (C=O) groups excluding carboxylic acids is 2. The lowest BCUT2D eigenvalue weighted by atomic mass is 10.1. The van der Waals surface area contributed by atoms with Crippen molar-refractivity contribution in [2.45, 2.75) is 39.2 Å². The van der Waals surface area contributed by atoms with Crippen LogP contribution in [0.2, 0.25) is 5.02 Å². The van der Waals surface area contributed by atoms with Crippen molar-refractivity contribution in [2.75, 3.05) is 11.9 Å². The topological polar surface area (TPSA) is 124 Å². The van der Waals surface area contributed by atoms with Gasteiger partial charge in [0.15, 0.2) is 23.2 Å². The zero-order valence-electron chi connectivity index (χ0n) is 19.3. The van der Waals surface area contributed by atoms with Gasteiger partial charge in [0.1, 0.15) is 22.4 Å². The lowest BCUT2D eigenvalue weighted by Gasteiger charge is -2.19. The lowest BCUT2D eigenvalue weighted by Crippen LogP contribution is -2.27. The van der Waals surface area contributed by atoms with E-state index in [2.05, 4.69) is 25.5 Å². The van der Waals surface area contributed by atoms with Gasteiger partial charge in [-0.1, -0.05) is 22.9 Å². The molecule has 2 N–H and O–H groups in total. The molecule has 35 heavy (non-hydrogen) atoms. The first-order valence-electron chi connectivity index (χ1n) is 11.0. The SMILES string of the molecule is CC(C)(C)OC(=O)COc1ccc(-c2cncn2-c2n[nH]c3nc(NC(=O)C4CC4)sc23)c(Cl)c1. The number of carbonyl (C=O) groups is 2. The molecule has 1 aromatic carbocycles. The lowest BCUT2D eigenvalue weighted by molar-refractivity contribution is -0.157. The van der Waals surface area contributed by atoms with E-state index in [1.807, 2.05) is 0 Å². The highest BCUT2D eigenvalue weighted by Crippen LogP contribution is 2.36. The summed E-state index contributed by atoms with van der Waals surface area (Å²) in [5, 5.41) is 11.1. The highest BCUT2D eigenvalue weighted by atomic mass is 35.5. The molecule has 12 heteroatoms. The van der Waals surface area contributed by atoms with Crippen LogP contribution in [-0.4, -0.2) is 48.8 Å². The Bertz CT molecular complexity index is 1420. The van der Waals surface area contributed by atoms with Crippen LogP contribution >= 0.6 is 22.9 Å². The van der Waals surface area contributed by atoms with E-state index < -0.39 is 11.6 Å². The fraction of sp³-hybridized carbons (Fsp3) is 0.348. The number of halogens is 1. The molecule has 3 aromatic heterocycles. The number of thiazole rings is 1. The Morgan fingerprint density at radius 2 is 2.11 bits per heavy atom. The minimum atomic E-state index is -0.584. The first-order chi connectivity index (χ1) is 16.7. The smallest absolute Gasteiger partial charge is 0.344 e. The van der Waals surface area contributed by atoms with Crippen LogP contribution in [-0.2, 0) is 14.3 Å². The number of benzene rings is 1. The molecule has 0 saturated heterocycles. The van der Waals surface area contributed by atoms with Crippen molar-refractivity contribution in [2.24, 2.45) is 5.92 Å². The van der Waals surface area contributed by atoms with Gasteiger partial charge in [0.25, 0.3) is 0 Å². The average molecular weight is 515 g/mol. The summed E-state index contributed by atoms with van der Waals surface area (Å²) in [5.74, 6) is 0.665. The number of anilines is 1. The molecule has 4 aromatic rings. The number of H-pyrrole nitrogens is 1. The number of amides is 1. The molecule has 1 saturated carbocycles. The van der Waals surface area contributed by atoms with Crippen LogP contribution in [0.15, 0.2) is 30.7 Å². The van der Waals surface area contributed by atoms with E-state index in [-0.39, 0.29) is 18.4 Å². The van der Waals surface area contributed by atoms with E-state index in [4.69, 9.17) is 21.1 Å². The van der Waals surface area contributed by atoms with Gasteiger partial charge < -0.3 is 14.8 Å². The Hall–Kier alpha value is -3.44. The van der Waals surface area contributed by atoms with Crippen LogP contribution in [0.1, 0.15) is 33.6 Å². The number of hydrogen-bond donors (Lipinski definition) is 2. The first kappa shape index (κ1) is 23.3. The first-order valence-corrected chi connectivity index (χ1v) is 12.2. The van der Waals surface area contributed by atoms with E-state index in [9.17, 15) is 9.59 Å². The summed E-state index contributed by atoms with van der Waals surface area (Å²) < 4.78 is 13.4. The molecule has 182 valence electrons. The van der Waals surface area contributed by atoms with Gasteiger partial charge in [-0.05, 0) is 51.8 Å². The van der Waals surface area contributed by atoms with Gasteiger partial charge in [-0.2, -0.15) is 5.10 Å². The Kier molecular flexibility index (Phi) is 5.97. The number of nitrogens with one attached hydrogen (secondary N) is 2. The van der Waals surface area contributed by atoms with Crippen molar-refractivity contribution < 1.29 is 19.1 Å². The molecule has 0 unspecified atom stereocenters. The fourth-order valence-electron chi connectivity index (χ4n) is 3.44. The summed E-state index contributed by atoms with van der Waals surface area (Å²) in [4.78, 5) is 32.7. The summed E-state index contributed by atoms with van der Waals surface area (Å²) in [6.45, 7) is 5.17. The minimum Gasteiger partial charge on any atom is -0.482 e. The summed E-state index contributed by atoms with van der Waals surface area (Å²) >= 11 is 7.91. The Morgan fingerprint density at radius 1 is 1.31 bits per heavy atom. The number of esters is 1. The number of ether oxygens (including phenoxy) is 2. The van der Waals surface area contributed by atoms with Crippen LogP contribution < -0.4 is 10.1 Å². The zero-order valence-corrected chi connectivity index (χ0v) is 20.9. The van der Waals surface area contributed by atoms with Crippen molar-refractivity contribution in [1.29, 1.82) is 0 Å². The minimum absolute atomic E-state index is 0.00000809. The van der Waals surface area contributed by atoms with Crippen molar-refractivity contribution in [3.8, 4) is 22.8 Å². The molecule has 1 aliphatic carbocycles. The number of aromatic nitrogens is 5. The predicted octanol–water partition coefficient (Wildman–Crippen LogP) is 4.59. The largest absolute Gasteiger partial charge is 0.482 e.